The lowest BCUT2D eigenvalue weighted by atomic mass is 10.0. The molecule has 1 unspecified atom stereocenters. The quantitative estimate of drug-likeness (QED) is 0.739. The molecule has 0 spiro atoms. The fourth-order valence-electron chi connectivity index (χ4n) is 1.52. The summed E-state index contributed by atoms with van der Waals surface area (Å²) in [5.74, 6) is 0.136. The molecule has 15 heavy (non-hydrogen) atoms. The summed E-state index contributed by atoms with van der Waals surface area (Å²) in [6.07, 6.45) is 4.44. The Morgan fingerprint density at radius 2 is 2.40 bits per heavy atom. The number of hydrogen-bond donors (Lipinski definition) is 1. The van der Waals surface area contributed by atoms with Gasteiger partial charge < -0.3 is 5.73 Å². The lowest BCUT2D eigenvalue weighted by Crippen LogP contribution is -2.24. The average Bonchev–Trinajstić information content (AvgIpc) is 2.51. The monoisotopic (exact) mass is 210 g/mol. The number of carbonyl (C=O) groups excluding carboxylic acids is 1. The predicted molar refractivity (Wildman–Crippen MR) is 57.2 cm³/mol. The van der Waals surface area contributed by atoms with Crippen LogP contribution in [0.2, 0.25) is 0 Å². The molecular formula is C10H18N4O. The average molecular weight is 210 g/mol. The number of Topliss-reactive ketones (excluding diaryl/α,β-unsaturated/α-hetero) is 1. The van der Waals surface area contributed by atoms with Crippen molar-refractivity contribution in [2.24, 2.45) is 12.8 Å². The van der Waals surface area contributed by atoms with E-state index in [9.17, 15) is 4.79 Å². The molecule has 0 saturated heterocycles. The molecule has 0 bridgehead atoms. The van der Waals surface area contributed by atoms with Crippen molar-refractivity contribution < 1.29 is 4.79 Å². The Balaban J connectivity index is 2.36. The van der Waals surface area contributed by atoms with E-state index in [2.05, 4.69) is 17.2 Å². The van der Waals surface area contributed by atoms with Gasteiger partial charge in [-0.3, -0.25) is 9.48 Å². The van der Waals surface area contributed by atoms with Crippen LogP contribution in [0.1, 0.15) is 31.9 Å². The molecule has 0 amide bonds. The van der Waals surface area contributed by atoms with Gasteiger partial charge in [-0.05, 0) is 6.42 Å². The van der Waals surface area contributed by atoms with Crippen LogP contribution in [-0.4, -0.2) is 26.8 Å². The van der Waals surface area contributed by atoms with Gasteiger partial charge in [0.2, 0.25) is 0 Å². The van der Waals surface area contributed by atoms with Crippen LogP contribution in [0.5, 0.6) is 0 Å². The van der Waals surface area contributed by atoms with Gasteiger partial charge in [0, 0.05) is 25.7 Å². The highest BCUT2D eigenvalue weighted by molar-refractivity contribution is 5.80. The molecule has 1 rings (SSSR count). The van der Waals surface area contributed by atoms with Crippen LogP contribution in [-0.2, 0) is 18.3 Å². The summed E-state index contributed by atoms with van der Waals surface area (Å²) in [5.41, 5.74) is 6.50. The molecule has 0 aliphatic carbocycles. The van der Waals surface area contributed by atoms with Crippen molar-refractivity contribution in [2.75, 3.05) is 0 Å². The second-order valence-corrected chi connectivity index (χ2v) is 3.85. The van der Waals surface area contributed by atoms with E-state index in [0.717, 1.165) is 12.8 Å². The van der Waals surface area contributed by atoms with Crippen molar-refractivity contribution in [1.29, 1.82) is 0 Å². The molecule has 1 aromatic rings. The van der Waals surface area contributed by atoms with Crippen LogP contribution in [0, 0.1) is 0 Å². The Bertz CT molecular complexity index is 321. The lowest BCUT2D eigenvalue weighted by Gasteiger charge is -2.07. The van der Waals surface area contributed by atoms with Crippen molar-refractivity contribution in [2.45, 2.75) is 38.6 Å². The maximum Gasteiger partial charge on any atom is 0.140 e. The normalized spacial score (nSPS) is 12.7. The molecule has 1 atom stereocenters. The molecule has 84 valence electrons. The number of nitrogens with two attached hydrogens (primary N) is 1. The van der Waals surface area contributed by atoms with E-state index in [4.69, 9.17) is 5.73 Å². The Hall–Kier alpha value is -1.23. The van der Waals surface area contributed by atoms with Gasteiger partial charge in [-0.1, -0.05) is 18.6 Å². The largest absolute Gasteiger partial charge is 0.327 e. The molecule has 0 aliphatic rings. The van der Waals surface area contributed by atoms with E-state index in [1.165, 1.54) is 0 Å². The summed E-state index contributed by atoms with van der Waals surface area (Å²) < 4.78 is 1.59. The first-order valence-electron chi connectivity index (χ1n) is 5.24. The highest BCUT2D eigenvalue weighted by atomic mass is 16.1. The second-order valence-electron chi connectivity index (χ2n) is 3.85. The first-order chi connectivity index (χ1) is 7.11. The zero-order chi connectivity index (χ0) is 11.3. The topological polar surface area (TPSA) is 73.8 Å². The van der Waals surface area contributed by atoms with E-state index in [0.29, 0.717) is 18.5 Å². The third kappa shape index (κ3) is 4.20. The standard InChI is InChI=1S/C10H18N4O/c1-3-4-8(11)5-10(15)6-9-7-14(2)13-12-9/h7-8H,3-6,11H2,1-2H3. The van der Waals surface area contributed by atoms with Gasteiger partial charge >= 0.3 is 0 Å². The van der Waals surface area contributed by atoms with Crippen LogP contribution in [0.15, 0.2) is 6.20 Å². The van der Waals surface area contributed by atoms with Crippen LogP contribution in [0.25, 0.3) is 0 Å². The first-order valence-corrected chi connectivity index (χ1v) is 5.24. The Morgan fingerprint density at radius 1 is 1.67 bits per heavy atom. The van der Waals surface area contributed by atoms with Crippen molar-refractivity contribution in [3.05, 3.63) is 11.9 Å². The Kier molecular flexibility index (Phi) is 4.42. The van der Waals surface area contributed by atoms with Crippen molar-refractivity contribution >= 4 is 5.78 Å². The fourth-order valence-corrected chi connectivity index (χ4v) is 1.52. The number of ketones is 1. The smallest absolute Gasteiger partial charge is 0.140 e. The van der Waals surface area contributed by atoms with Crippen molar-refractivity contribution in [3.63, 3.8) is 0 Å². The Labute approximate surface area is 89.6 Å². The van der Waals surface area contributed by atoms with Gasteiger partial charge in [0.15, 0.2) is 0 Å². The highest BCUT2D eigenvalue weighted by Crippen LogP contribution is 2.03. The number of aryl methyl sites for hydroxylation is 1. The molecule has 0 fully saturated rings. The summed E-state index contributed by atoms with van der Waals surface area (Å²) in [6, 6.07) is -0.0147. The van der Waals surface area contributed by atoms with Gasteiger partial charge in [0.25, 0.3) is 0 Å². The number of carbonyl (C=O) groups is 1. The van der Waals surface area contributed by atoms with Gasteiger partial charge in [0.05, 0.1) is 12.1 Å². The molecular weight excluding hydrogens is 192 g/mol. The summed E-state index contributed by atoms with van der Waals surface area (Å²) in [7, 11) is 1.78. The maximum absolute atomic E-state index is 11.5. The van der Waals surface area contributed by atoms with E-state index >= 15 is 0 Å². The van der Waals surface area contributed by atoms with Gasteiger partial charge in [-0.2, -0.15) is 0 Å². The Morgan fingerprint density at radius 3 is 2.93 bits per heavy atom. The molecule has 0 aliphatic heterocycles. The van der Waals surface area contributed by atoms with Crippen LogP contribution in [0.4, 0.5) is 0 Å². The third-order valence-electron chi connectivity index (χ3n) is 2.18. The zero-order valence-electron chi connectivity index (χ0n) is 9.31. The molecule has 0 radical (unpaired) electrons. The molecule has 5 nitrogen and oxygen atoms in total. The summed E-state index contributed by atoms with van der Waals surface area (Å²) in [5, 5.41) is 7.63. The second kappa shape index (κ2) is 5.60. The predicted octanol–water partition coefficient (Wildman–Crippen LogP) is 0.444. The molecule has 2 N–H and O–H groups in total. The molecule has 1 aromatic heterocycles. The van der Waals surface area contributed by atoms with Gasteiger partial charge in [-0.15, -0.1) is 5.10 Å². The van der Waals surface area contributed by atoms with Crippen LogP contribution in [0.3, 0.4) is 0 Å². The number of rotatable bonds is 6. The van der Waals surface area contributed by atoms with Crippen molar-refractivity contribution in [3.8, 4) is 0 Å². The van der Waals surface area contributed by atoms with Gasteiger partial charge in [-0.25, -0.2) is 0 Å². The minimum Gasteiger partial charge on any atom is -0.327 e. The number of hydrogen-bond acceptors (Lipinski definition) is 4. The van der Waals surface area contributed by atoms with E-state index < -0.39 is 0 Å². The van der Waals surface area contributed by atoms with E-state index in [-0.39, 0.29) is 11.8 Å². The summed E-state index contributed by atoms with van der Waals surface area (Å²) >= 11 is 0. The highest BCUT2D eigenvalue weighted by Gasteiger charge is 2.11. The third-order valence-corrected chi connectivity index (χ3v) is 2.18. The van der Waals surface area contributed by atoms with Crippen LogP contribution >= 0.6 is 0 Å². The maximum atomic E-state index is 11.5. The molecule has 5 heteroatoms. The SMILES string of the molecule is CCCC(N)CC(=O)Cc1cn(C)nn1. The fraction of sp³-hybridized carbons (Fsp3) is 0.700. The minimum absolute atomic E-state index is 0.0147. The van der Waals surface area contributed by atoms with E-state index in [1.54, 1.807) is 17.9 Å². The molecule has 1 heterocycles. The molecule has 0 saturated carbocycles. The minimum atomic E-state index is -0.0147. The molecule has 0 aromatic carbocycles. The van der Waals surface area contributed by atoms with Gasteiger partial charge in [0.1, 0.15) is 5.78 Å². The summed E-state index contributed by atoms with van der Waals surface area (Å²) in [4.78, 5) is 11.5. The number of nitrogens with zero attached hydrogens (tertiary/aromatic N) is 3. The van der Waals surface area contributed by atoms with Crippen molar-refractivity contribution in [1.82, 2.24) is 15.0 Å². The van der Waals surface area contributed by atoms with Crippen LogP contribution < -0.4 is 5.73 Å². The van der Waals surface area contributed by atoms with E-state index in [1.807, 2.05) is 0 Å². The lowest BCUT2D eigenvalue weighted by molar-refractivity contribution is -0.118. The number of aromatic nitrogens is 3. The first kappa shape index (κ1) is 11.8. The summed E-state index contributed by atoms with van der Waals surface area (Å²) in [6.45, 7) is 2.06. The zero-order valence-corrected chi connectivity index (χ0v) is 9.31.